The normalized spacial score (nSPS) is 20.2. The molecule has 7 heteroatoms. The van der Waals surface area contributed by atoms with Crippen molar-refractivity contribution >= 4 is 22.9 Å². The molecule has 1 atom stereocenters. The van der Waals surface area contributed by atoms with Crippen LogP contribution in [0.1, 0.15) is 54.1 Å². The Morgan fingerprint density at radius 3 is 2.65 bits per heavy atom. The number of hydrogen-bond donors (Lipinski definition) is 0. The van der Waals surface area contributed by atoms with E-state index in [1.807, 2.05) is 12.1 Å². The first-order valence-corrected chi connectivity index (χ1v) is 13.0. The van der Waals surface area contributed by atoms with Crippen LogP contribution in [0, 0.1) is 19.8 Å². The third kappa shape index (κ3) is 4.95. The Morgan fingerprint density at radius 2 is 1.88 bits per heavy atom. The van der Waals surface area contributed by atoms with Gasteiger partial charge in [0.25, 0.3) is 0 Å². The number of ether oxygens (including phenoxy) is 1. The van der Waals surface area contributed by atoms with Crippen molar-refractivity contribution in [1.82, 2.24) is 19.5 Å². The van der Waals surface area contributed by atoms with Gasteiger partial charge < -0.3 is 9.64 Å². The van der Waals surface area contributed by atoms with E-state index in [9.17, 15) is 0 Å². The Morgan fingerprint density at radius 1 is 1.12 bits per heavy atom. The second-order valence-electron chi connectivity index (χ2n) is 10.1. The average molecular weight is 482 g/mol. The Kier molecular flexibility index (Phi) is 7.09. The van der Waals surface area contributed by atoms with Gasteiger partial charge >= 0.3 is 0 Å². The van der Waals surface area contributed by atoms with Crippen molar-refractivity contribution in [3.05, 3.63) is 58.0 Å². The molecule has 2 saturated heterocycles. The van der Waals surface area contributed by atoms with Crippen molar-refractivity contribution in [1.29, 1.82) is 0 Å². The molecule has 0 amide bonds. The molecule has 182 valence electrons. The second-order valence-corrected chi connectivity index (χ2v) is 10.6. The fraction of sp³-hybridized carbons (Fsp3) is 0.556. The molecule has 1 unspecified atom stereocenters. The van der Waals surface area contributed by atoms with Crippen LogP contribution in [0.3, 0.4) is 0 Å². The third-order valence-electron chi connectivity index (χ3n) is 7.48. The van der Waals surface area contributed by atoms with Crippen LogP contribution in [-0.2, 0) is 11.3 Å². The highest BCUT2D eigenvalue weighted by Gasteiger charge is 2.28. The Bertz CT molecular complexity index is 1120. The Hall–Kier alpha value is -2.15. The number of nitrogens with zero attached hydrogens (tertiary/aromatic N) is 5. The van der Waals surface area contributed by atoms with Gasteiger partial charge in [-0.15, -0.1) is 0 Å². The zero-order chi connectivity index (χ0) is 23.7. The summed E-state index contributed by atoms with van der Waals surface area (Å²) in [5, 5.41) is 5.83. The zero-order valence-corrected chi connectivity index (χ0v) is 21.4. The molecule has 2 aliphatic rings. The number of fused-ring (bicyclic) bond motifs is 1. The van der Waals surface area contributed by atoms with Gasteiger partial charge in [-0.2, -0.15) is 5.10 Å². The molecule has 0 bridgehead atoms. The monoisotopic (exact) mass is 481 g/mol. The number of piperidine rings is 1. The summed E-state index contributed by atoms with van der Waals surface area (Å²) in [6.45, 7) is 10.2. The molecule has 2 fully saturated rings. The second kappa shape index (κ2) is 10.2. The van der Waals surface area contributed by atoms with Crippen molar-refractivity contribution in [2.24, 2.45) is 5.92 Å². The smallest absolute Gasteiger partial charge is 0.179 e. The highest BCUT2D eigenvalue weighted by atomic mass is 35.5. The molecular formula is C27H36ClN5O. The summed E-state index contributed by atoms with van der Waals surface area (Å²) in [6.07, 6.45) is 6.69. The van der Waals surface area contributed by atoms with Gasteiger partial charge in [-0.1, -0.05) is 23.7 Å². The maximum Gasteiger partial charge on any atom is 0.179 e. The summed E-state index contributed by atoms with van der Waals surface area (Å²) in [6, 6.07) is 8.25. The molecule has 6 nitrogen and oxygen atoms in total. The molecule has 2 aromatic heterocycles. The minimum atomic E-state index is 0.444. The lowest BCUT2D eigenvalue weighted by Gasteiger charge is -2.33. The molecule has 0 N–H and O–H groups in total. The lowest BCUT2D eigenvalue weighted by atomic mass is 9.92. The van der Waals surface area contributed by atoms with Crippen molar-refractivity contribution < 1.29 is 4.74 Å². The summed E-state index contributed by atoms with van der Waals surface area (Å²) in [5.41, 5.74) is 7.08. The van der Waals surface area contributed by atoms with E-state index in [2.05, 4.69) is 53.5 Å². The van der Waals surface area contributed by atoms with Crippen LogP contribution in [0.15, 0.2) is 30.5 Å². The van der Waals surface area contributed by atoms with E-state index in [1.165, 1.54) is 35.3 Å². The predicted molar refractivity (Wildman–Crippen MR) is 138 cm³/mol. The molecule has 3 aromatic rings. The van der Waals surface area contributed by atoms with Crippen LogP contribution in [0.25, 0.3) is 5.65 Å². The van der Waals surface area contributed by atoms with Gasteiger partial charge in [0, 0.05) is 57.0 Å². The van der Waals surface area contributed by atoms with Crippen LogP contribution in [0.4, 0.5) is 5.69 Å². The number of benzene rings is 1. The molecule has 0 saturated carbocycles. The van der Waals surface area contributed by atoms with Gasteiger partial charge in [-0.25, -0.2) is 9.50 Å². The lowest BCUT2D eigenvalue weighted by Crippen LogP contribution is -2.35. The highest BCUT2D eigenvalue weighted by Crippen LogP contribution is 2.33. The quantitative estimate of drug-likeness (QED) is 0.481. The summed E-state index contributed by atoms with van der Waals surface area (Å²) in [5.74, 6) is 1.11. The van der Waals surface area contributed by atoms with E-state index < -0.39 is 0 Å². The molecule has 0 spiro atoms. The van der Waals surface area contributed by atoms with Crippen LogP contribution in [-0.4, -0.2) is 59.4 Å². The molecular weight excluding hydrogens is 446 g/mol. The first-order valence-electron chi connectivity index (χ1n) is 12.6. The molecule has 0 aliphatic carbocycles. The molecule has 2 aliphatic heterocycles. The standard InChI is InChI=1S/C27H36ClN5O/c1-19-15-29-27-26(31(3)16-22-10-13-34-14-11-22)20(2)30-33(27)25(19)23-5-4-12-32(18-23)17-21-6-8-24(28)9-7-21/h6-9,15,22-23H,4-5,10-14,16-18H2,1-3H3. The largest absolute Gasteiger partial charge is 0.381 e. The summed E-state index contributed by atoms with van der Waals surface area (Å²) in [4.78, 5) is 9.81. The molecule has 34 heavy (non-hydrogen) atoms. The van der Waals surface area contributed by atoms with E-state index in [1.54, 1.807) is 0 Å². The van der Waals surface area contributed by atoms with Gasteiger partial charge in [0.1, 0.15) is 5.69 Å². The number of rotatable bonds is 6. The van der Waals surface area contributed by atoms with Crippen molar-refractivity contribution in [2.75, 3.05) is 44.8 Å². The summed E-state index contributed by atoms with van der Waals surface area (Å²) >= 11 is 6.08. The number of aryl methyl sites for hydroxylation is 2. The fourth-order valence-corrected chi connectivity index (χ4v) is 5.93. The minimum Gasteiger partial charge on any atom is -0.381 e. The molecule has 4 heterocycles. The number of hydrogen-bond acceptors (Lipinski definition) is 5. The highest BCUT2D eigenvalue weighted by molar-refractivity contribution is 6.30. The van der Waals surface area contributed by atoms with Gasteiger partial charge in [-0.3, -0.25) is 4.90 Å². The van der Waals surface area contributed by atoms with Gasteiger partial charge in [0.05, 0.1) is 11.4 Å². The van der Waals surface area contributed by atoms with E-state index >= 15 is 0 Å². The zero-order valence-electron chi connectivity index (χ0n) is 20.6. The number of likely N-dealkylation sites (tertiary alicyclic amines) is 1. The Balaban J connectivity index is 1.40. The predicted octanol–water partition coefficient (Wildman–Crippen LogP) is 5.24. The van der Waals surface area contributed by atoms with E-state index in [-0.39, 0.29) is 0 Å². The first kappa shape index (κ1) is 23.6. The summed E-state index contributed by atoms with van der Waals surface area (Å²) in [7, 11) is 2.19. The van der Waals surface area contributed by atoms with E-state index in [0.29, 0.717) is 11.8 Å². The van der Waals surface area contributed by atoms with E-state index in [4.69, 9.17) is 26.4 Å². The summed E-state index contributed by atoms with van der Waals surface area (Å²) < 4.78 is 7.71. The van der Waals surface area contributed by atoms with Crippen molar-refractivity contribution in [3.63, 3.8) is 0 Å². The first-order chi connectivity index (χ1) is 16.5. The van der Waals surface area contributed by atoms with Crippen molar-refractivity contribution in [2.45, 2.75) is 52.0 Å². The van der Waals surface area contributed by atoms with Gasteiger partial charge in [0.2, 0.25) is 0 Å². The number of anilines is 1. The fourth-order valence-electron chi connectivity index (χ4n) is 5.80. The lowest BCUT2D eigenvalue weighted by molar-refractivity contribution is 0.0685. The van der Waals surface area contributed by atoms with Gasteiger partial charge in [-0.05, 0) is 75.3 Å². The average Bonchev–Trinajstić information content (AvgIpc) is 3.17. The number of halogens is 1. The van der Waals surface area contributed by atoms with Crippen molar-refractivity contribution in [3.8, 4) is 0 Å². The van der Waals surface area contributed by atoms with Crippen LogP contribution >= 0.6 is 11.6 Å². The topological polar surface area (TPSA) is 45.9 Å². The van der Waals surface area contributed by atoms with E-state index in [0.717, 1.165) is 68.6 Å². The number of aromatic nitrogens is 3. The van der Waals surface area contributed by atoms with Crippen LogP contribution in [0.2, 0.25) is 5.02 Å². The molecule has 1 aromatic carbocycles. The SMILES string of the molecule is Cc1cnc2c(N(C)CC3CCOCC3)c(C)nn2c1C1CCCN(Cc2ccc(Cl)cc2)C1. The van der Waals surface area contributed by atoms with Crippen LogP contribution < -0.4 is 4.90 Å². The maximum absolute atomic E-state index is 6.08. The Labute approximate surface area is 207 Å². The van der Waals surface area contributed by atoms with Gasteiger partial charge in [0.15, 0.2) is 5.65 Å². The third-order valence-corrected chi connectivity index (χ3v) is 7.74. The van der Waals surface area contributed by atoms with Crippen LogP contribution in [0.5, 0.6) is 0 Å². The molecule has 5 rings (SSSR count). The molecule has 0 radical (unpaired) electrons. The minimum absolute atomic E-state index is 0.444. The maximum atomic E-state index is 6.08.